The standard InChI is InChI=1S/C12H24N2O4S/c1-3-5-13-11(12(15)18-2)4-6-14-7-9-19(16,17)10-8-14/h11,13H,3-10H2,1-2H3. The molecule has 1 heterocycles. The fourth-order valence-electron chi connectivity index (χ4n) is 2.05. The van der Waals surface area contributed by atoms with E-state index in [4.69, 9.17) is 4.74 Å². The van der Waals surface area contributed by atoms with Crippen molar-refractivity contribution < 1.29 is 17.9 Å². The van der Waals surface area contributed by atoms with Gasteiger partial charge in [0, 0.05) is 19.6 Å². The van der Waals surface area contributed by atoms with Crippen LogP contribution in [0.1, 0.15) is 19.8 Å². The molecule has 1 fully saturated rings. The van der Waals surface area contributed by atoms with Crippen LogP contribution < -0.4 is 5.32 Å². The third kappa shape index (κ3) is 5.88. The lowest BCUT2D eigenvalue weighted by molar-refractivity contribution is -0.143. The van der Waals surface area contributed by atoms with Crippen LogP contribution in [-0.2, 0) is 19.4 Å². The molecular formula is C12H24N2O4S. The third-order valence-electron chi connectivity index (χ3n) is 3.30. The van der Waals surface area contributed by atoms with Crippen molar-refractivity contribution in [1.29, 1.82) is 0 Å². The predicted octanol–water partition coefficient (Wildman–Crippen LogP) is -0.352. The molecule has 1 aliphatic rings. The van der Waals surface area contributed by atoms with E-state index in [-0.39, 0.29) is 23.5 Å². The van der Waals surface area contributed by atoms with Gasteiger partial charge in [0.25, 0.3) is 0 Å². The molecule has 7 heteroatoms. The van der Waals surface area contributed by atoms with Gasteiger partial charge in [-0.15, -0.1) is 0 Å². The van der Waals surface area contributed by atoms with Gasteiger partial charge in [0.05, 0.1) is 18.6 Å². The second-order valence-electron chi connectivity index (χ2n) is 4.81. The quantitative estimate of drug-likeness (QED) is 0.646. The summed E-state index contributed by atoms with van der Waals surface area (Å²) in [5.74, 6) is 0.189. The number of sulfone groups is 1. The summed E-state index contributed by atoms with van der Waals surface area (Å²) in [5.41, 5.74) is 0. The molecule has 0 aromatic rings. The second-order valence-corrected chi connectivity index (χ2v) is 7.12. The van der Waals surface area contributed by atoms with Gasteiger partial charge in [-0.05, 0) is 19.4 Å². The molecular weight excluding hydrogens is 268 g/mol. The number of hydrogen-bond acceptors (Lipinski definition) is 6. The Hall–Kier alpha value is -0.660. The summed E-state index contributed by atoms with van der Waals surface area (Å²) in [5, 5.41) is 3.16. The molecule has 1 rings (SSSR count). The normalized spacial score (nSPS) is 20.9. The number of carbonyl (C=O) groups excluding carboxylic acids is 1. The average molecular weight is 292 g/mol. The molecule has 0 aliphatic carbocycles. The van der Waals surface area contributed by atoms with Crippen molar-refractivity contribution in [3.8, 4) is 0 Å². The van der Waals surface area contributed by atoms with Gasteiger partial charge in [-0.3, -0.25) is 4.79 Å². The molecule has 1 N–H and O–H groups in total. The molecule has 0 saturated carbocycles. The molecule has 0 radical (unpaired) electrons. The highest BCUT2D eigenvalue weighted by Crippen LogP contribution is 2.06. The lowest BCUT2D eigenvalue weighted by Gasteiger charge is -2.27. The Balaban J connectivity index is 2.37. The summed E-state index contributed by atoms with van der Waals surface area (Å²) in [6.07, 6.45) is 1.60. The average Bonchev–Trinajstić information content (AvgIpc) is 2.39. The maximum atomic E-state index is 11.6. The summed E-state index contributed by atoms with van der Waals surface area (Å²) in [7, 11) is -1.45. The van der Waals surface area contributed by atoms with Gasteiger partial charge >= 0.3 is 5.97 Å². The largest absolute Gasteiger partial charge is 0.468 e. The zero-order valence-corrected chi connectivity index (χ0v) is 12.5. The van der Waals surface area contributed by atoms with Crippen LogP contribution in [-0.4, -0.2) is 70.1 Å². The minimum Gasteiger partial charge on any atom is -0.468 e. The summed E-state index contributed by atoms with van der Waals surface area (Å²) in [6, 6.07) is -0.302. The smallest absolute Gasteiger partial charge is 0.322 e. The van der Waals surface area contributed by atoms with E-state index in [1.165, 1.54) is 7.11 Å². The SMILES string of the molecule is CCCNC(CCN1CCS(=O)(=O)CC1)C(=O)OC. The first kappa shape index (κ1) is 16.4. The van der Waals surface area contributed by atoms with Crippen LogP contribution in [0.25, 0.3) is 0 Å². The van der Waals surface area contributed by atoms with Crippen LogP contribution in [0.3, 0.4) is 0 Å². The Morgan fingerprint density at radius 2 is 2.00 bits per heavy atom. The van der Waals surface area contributed by atoms with Gasteiger partial charge in [-0.2, -0.15) is 0 Å². The second kappa shape index (κ2) is 7.81. The van der Waals surface area contributed by atoms with Gasteiger partial charge in [-0.25, -0.2) is 8.42 Å². The number of rotatable bonds is 7. The minimum atomic E-state index is -2.84. The van der Waals surface area contributed by atoms with Crippen LogP contribution >= 0.6 is 0 Å². The summed E-state index contributed by atoms with van der Waals surface area (Å²) in [4.78, 5) is 13.7. The summed E-state index contributed by atoms with van der Waals surface area (Å²) < 4.78 is 27.4. The Morgan fingerprint density at radius 1 is 1.37 bits per heavy atom. The van der Waals surface area contributed by atoms with Crippen LogP contribution in [0.4, 0.5) is 0 Å². The highest BCUT2D eigenvalue weighted by molar-refractivity contribution is 7.91. The number of nitrogens with one attached hydrogen (secondary N) is 1. The Labute approximate surface area is 115 Å². The van der Waals surface area contributed by atoms with Crippen molar-refractivity contribution in [3.05, 3.63) is 0 Å². The van der Waals surface area contributed by atoms with E-state index in [1.54, 1.807) is 0 Å². The number of esters is 1. The van der Waals surface area contributed by atoms with Gasteiger partial charge < -0.3 is 15.0 Å². The molecule has 0 aromatic carbocycles. The molecule has 0 bridgehead atoms. The molecule has 6 nitrogen and oxygen atoms in total. The van der Waals surface area contributed by atoms with E-state index in [0.717, 1.165) is 13.0 Å². The Bertz CT molecular complexity index is 369. The highest BCUT2D eigenvalue weighted by Gasteiger charge is 2.24. The molecule has 0 spiro atoms. The van der Waals surface area contributed by atoms with Gasteiger partial charge in [0.2, 0.25) is 0 Å². The Kier molecular flexibility index (Phi) is 6.74. The van der Waals surface area contributed by atoms with Crippen molar-refractivity contribution >= 4 is 15.8 Å². The number of methoxy groups -OCH3 is 1. The van der Waals surface area contributed by atoms with E-state index >= 15 is 0 Å². The van der Waals surface area contributed by atoms with Crippen molar-refractivity contribution in [2.75, 3.05) is 44.8 Å². The number of hydrogen-bond donors (Lipinski definition) is 1. The lowest BCUT2D eigenvalue weighted by Crippen LogP contribution is -2.45. The van der Waals surface area contributed by atoms with Crippen molar-refractivity contribution in [2.24, 2.45) is 0 Å². The van der Waals surface area contributed by atoms with Crippen molar-refractivity contribution in [3.63, 3.8) is 0 Å². The van der Waals surface area contributed by atoms with Gasteiger partial charge in [0.15, 0.2) is 9.84 Å². The van der Waals surface area contributed by atoms with Crippen LogP contribution in [0.2, 0.25) is 0 Å². The van der Waals surface area contributed by atoms with E-state index < -0.39 is 9.84 Å². The Morgan fingerprint density at radius 3 is 2.53 bits per heavy atom. The molecule has 1 aliphatic heterocycles. The number of nitrogens with zero attached hydrogens (tertiary/aromatic N) is 1. The minimum absolute atomic E-state index is 0.221. The van der Waals surface area contributed by atoms with Crippen molar-refractivity contribution in [1.82, 2.24) is 10.2 Å². The zero-order valence-electron chi connectivity index (χ0n) is 11.7. The number of carbonyl (C=O) groups is 1. The maximum absolute atomic E-state index is 11.6. The maximum Gasteiger partial charge on any atom is 0.322 e. The van der Waals surface area contributed by atoms with E-state index in [0.29, 0.717) is 26.1 Å². The molecule has 1 atom stereocenters. The zero-order chi connectivity index (χ0) is 14.3. The number of ether oxygens (including phenoxy) is 1. The first-order chi connectivity index (χ1) is 8.98. The van der Waals surface area contributed by atoms with Crippen LogP contribution in [0, 0.1) is 0 Å². The van der Waals surface area contributed by atoms with Gasteiger partial charge in [0.1, 0.15) is 6.04 Å². The molecule has 1 unspecified atom stereocenters. The first-order valence-corrected chi connectivity index (χ1v) is 8.54. The molecule has 112 valence electrons. The van der Waals surface area contributed by atoms with E-state index in [9.17, 15) is 13.2 Å². The third-order valence-corrected chi connectivity index (χ3v) is 4.91. The molecule has 1 saturated heterocycles. The van der Waals surface area contributed by atoms with E-state index in [2.05, 4.69) is 10.2 Å². The van der Waals surface area contributed by atoms with E-state index in [1.807, 2.05) is 6.92 Å². The fourth-order valence-corrected chi connectivity index (χ4v) is 3.33. The topological polar surface area (TPSA) is 75.7 Å². The highest BCUT2D eigenvalue weighted by atomic mass is 32.2. The molecule has 0 aromatic heterocycles. The fraction of sp³-hybridized carbons (Fsp3) is 0.917. The first-order valence-electron chi connectivity index (χ1n) is 6.72. The monoisotopic (exact) mass is 292 g/mol. The summed E-state index contributed by atoms with van der Waals surface area (Å²) >= 11 is 0. The van der Waals surface area contributed by atoms with Gasteiger partial charge in [-0.1, -0.05) is 6.92 Å². The van der Waals surface area contributed by atoms with Crippen LogP contribution in [0.5, 0.6) is 0 Å². The lowest BCUT2D eigenvalue weighted by atomic mass is 10.2. The predicted molar refractivity (Wildman–Crippen MR) is 73.8 cm³/mol. The van der Waals surface area contributed by atoms with Crippen molar-refractivity contribution in [2.45, 2.75) is 25.8 Å². The van der Waals surface area contributed by atoms with Crippen LogP contribution in [0.15, 0.2) is 0 Å². The summed E-state index contributed by atoms with van der Waals surface area (Å²) in [6.45, 7) is 4.64. The molecule has 19 heavy (non-hydrogen) atoms. The molecule has 0 amide bonds.